The SMILES string of the molecule is CCOC(=O)c1cnc2sc(COc3ccc(C)cc3)nn2c1=O. The minimum absolute atomic E-state index is 0.134. The van der Waals surface area contributed by atoms with Crippen molar-refractivity contribution in [1.29, 1.82) is 0 Å². The number of fused-ring (bicyclic) bond motifs is 1. The van der Waals surface area contributed by atoms with Crippen molar-refractivity contribution in [2.75, 3.05) is 6.61 Å². The van der Waals surface area contributed by atoms with E-state index in [0.29, 0.717) is 15.7 Å². The third-order valence-corrected chi connectivity index (χ3v) is 4.10. The molecule has 1 aromatic carbocycles. The predicted molar refractivity (Wildman–Crippen MR) is 88.6 cm³/mol. The molecular formula is C16H15N3O4S. The Bertz CT molecular complexity index is 931. The van der Waals surface area contributed by atoms with E-state index in [1.54, 1.807) is 6.92 Å². The lowest BCUT2D eigenvalue weighted by Gasteiger charge is -2.03. The van der Waals surface area contributed by atoms with Crippen LogP contribution in [0.1, 0.15) is 27.9 Å². The Kier molecular flexibility index (Phi) is 4.57. The van der Waals surface area contributed by atoms with Gasteiger partial charge in [-0.25, -0.2) is 9.78 Å². The number of esters is 1. The summed E-state index contributed by atoms with van der Waals surface area (Å²) in [5.41, 5.74) is 0.464. The minimum Gasteiger partial charge on any atom is -0.486 e. The molecule has 0 atom stereocenters. The summed E-state index contributed by atoms with van der Waals surface area (Å²) in [7, 11) is 0. The Morgan fingerprint density at radius 1 is 1.29 bits per heavy atom. The maximum absolute atomic E-state index is 12.3. The van der Waals surface area contributed by atoms with E-state index in [1.165, 1.54) is 17.5 Å². The Morgan fingerprint density at radius 3 is 2.75 bits per heavy atom. The van der Waals surface area contributed by atoms with Crippen LogP contribution >= 0.6 is 11.3 Å². The van der Waals surface area contributed by atoms with Gasteiger partial charge in [-0.3, -0.25) is 4.79 Å². The summed E-state index contributed by atoms with van der Waals surface area (Å²) >= 11 is 1.23. The van der Waals surface area contributed by atoms with Crippen molar-refractivity contribution < 1.29 is 14.3 Å². The lowest BCUT2D eigenvalue weighted by Crippen LogP contribution is -2.24. The van der Waals surface area contributed by atoms with E-state index in [0.717, 1.165) is 10.1 Å². The van der Waals surface area contributed by atoms with Gasteiger partial charge in [-0.2, -0.15) is 9.61 Å². The van der Waals surface area contributed by atoms with E-state index in [1.807, 2.05) is 31.2 Å². The summed E-state index contributed by atoms with van der Waals surface area (Å²) in [4.78, 5) is 28.5. The molecule has 2 aromatic heterocycles. The molecule has 0 aliphatic rings. The van der Waals surface area contributed by atoms with E-state index in [-0.39, 0.29) is 18.8 Å². The maximum Gasteiger partial charge on any atom is 0.345 e. The van der Waals surface area contributed by atoms with Crippen LogP contribution in [0.15, 0.2) is 35.3 Å². The fourth-order valence-electron chi connectivity index (χ4n) is 2.01. The third-order valence-electron chi connectivity index (χ3n) is 3.21. The first-order valence-corrected chi connectivity index (χ1v) is 8.14. The fourth-order valence-corrected chi connectivity index (χ4v) is 2.78. The first kappa shape index (κ1) is 16.1. The van der Waals surface area contributed by atoms with Gasteiger partial charge in [0.15, 0.2) is 5.01 Å². The third kappa shape index (κ3) is 3.28. The zero-order valence-corrected chi connectivity index (χ0v) is 14.0. The highest BCUT2D eigenvalue weighted by molar-refractivity contribution is 7.16. The quantitative estimate of drug-likeness (QED) is 0.659. The number of carbonyl (C=O) groups excluding carboxylic acids is 1. The van der Waals surface area contributed by atoms with Crippen LogP contribution in [-0.4, -0.2) is 27.2 Å². The number of aryl methyl sites for hydroxylation is 1. The molecule has 0 N–H and O–H groups in total. The number of hydrogen-bond acceptors (Lipinski definition) is 7. The highest BCUT2D eigenvalue weighted by Crippen LogP contribution is 2.16. The van der Waals surface area contributed by atoms with Crippen LogP contribution in [0.3, 0.4) is 0 Å². The summed E-state index contributed by atoms with van der Waals surface area (Å²) in [6.45, 7) is 4.07. The van der Waals surface area contributed by atoms with Gasteiger partial charge in [0.05, 0.1) is 12.8 Å². The second-order valence-corrected chi connectivity index (χ2v) is 6.03. The average Bonchev–Trinajstić information content (AvgIpc) is 2.99. The van der Waals surface area contributed by atoms with Gasteiger partial charge in [-0.15, -0.1) is 0 Å². The van der Waals surface area contributed by atoms with Gasteiger partial charge in [0.25, 0.3) is 5.56 Å². The van der Waals surface area contributed by atoms with Gasteiger partial charge in [0, 0.05) is 0 Å². The van der Waals surface area contributed by atoms with Gasteiger partial charge in [-0.05, 0) is 26.0 Å². The van der Waals surface area contributed by atoms with Crippen LogP contribution in [0.2, 0.25) is 0 Å². The molecule has 7 nitrogen and oxygen atoms in total. The molecule has 3 rings (SSSR count). The largest absolute Gasteiger partial charge is 0.486 e. The molecule has 0 saturated heterocycles. The first-order valence-electron chi connectivity index (χ1n) is 7.33. The number of rotatable bonds is 5. The number of hydrogen-bond donors (Lipinski definition) is 0. The van der Waals surface area contributed by atoms with Crippen molar-refractivity contribution >= 4 is 22.3 Å². The molecule has 2 heterocycles. The fraction of sp³-hybridized carbons (Fsp3) is 0.250. The van der Waals surface area contributed by atoms with Crippen LogP contribution in [0.5, 0.6) is 5.75 Å². The molecule has 0 unspecified atom stereocenters. The number of aromatic nitrogens is 3. The van der Waals surface area contributed by atoms with Gasteiger partial charge in [0.2, 0.25) is 4.96 Å². The van der Waals surface area contributed by atoms with Crippen LogP contribution in [0.25, 0.3) is 4.96 Å². The molecule has 0 spiro atoms. The zero-order chi connectivity index (χ0) is 17.1. The van der Waals surface area contributed by atoms with Gasteiger partial charge in [-0.1, -0.05) is 29.0 Å². The summed E-state index contributed by atoms with van der Waals surface area (Å²) < 4.78 is 11.6. The smallest absolute Gasteiger partial charge is 0.345 e. The van der Waals surface area contributed by atoms with Crippen molar-refractivity contribution in [3.63, 3.8) is 0 Å². The van der Waals surface area contributed by atoms with E-state index in [2.05, 4.69) is 10.1 Å². The van der Waals surface area contributed by atoms with E-state index < -0.39 is 11.5 Å². The van der Waals surface area contributed by atoms with Crippen LogP contribution in [0.4, 0.5) is 0 Å². The van der Waals surface area contributed by atoms with Gasteiger partial charge >= 0.3 is 5.97 Å². The number of carbonyl (C=O) groups is 1. The predicted octanol–water partition coefficient (Wildman–Crippen LogP) is 2.22. The molecule has 24 heavy (non-hydrogen) atoms. The van der Waals surface area contributed by atoms with Crippen molar-refractivity contribution in [3.05, 3.63) is 57.0 Å². The lowest BCUT2D eigenvalue weighted by molar-refractivity contribution is 0.0523. The highest BCUT2D eigenvalue weighted by Gasteiger charge is 2.17. The Balaban J connectivity index is 1.83. The van der Waals surface area contributed by atoms with E-state index in [4.69, 9.17) is 9.47 Å². The average molecular weight is 345 g/mol. The minimum atomic E-state index is -0.699. The van der Waals surface area contributed by atoms with Crippen LogP contribution < -0.4 is 10.3 Å². The molecule has 0 fully saturated rings. The molecule has 0 amide bonds. The number of ether oxygens (including phenoxy) is 2. The second kappa shape index (κ2) is 6.79. The summed E-state index contributed by atoms with van der Waals surface area (Å²) in [6.07, 6.45) is 1.22. The Morgan fingerprint density at radius 2 is 2.04 bits per heavy atom. The summed E-state index contributed by atoms with van der Waals surface area (Å²) in [5, 5.41) is 4.76. The molecule has 0 saturated carbocycles. The van der Waals surface area contributed by atoms with Crippen molar-refractivity contribution in [2.24, 2.45) is 0 Å². The highest BCUT2D eigenvalue weighted by atomic mass is 32.1. The van der Waals surface area contributed by atoms with Crippen molar-refractivity contribution in [3.8, 4) is 5.75 Å². The normalized spacial score (nSPS) is 10.8. The Hall–Kier alpha value is -2.74. The standard InChI is InChI=1S/C16H15N3O4S/c1-3-22-15(21)12-8-17-16-19(14(12)20)18-13(24-16)9-23-11-6-4-10(2)5-7-11/h4-8H,3,9H2,1-2H3. The van der Waals surface area contributed by atoms with E-state index >= 15 is 0 Å². The van der Waals surface area contributed by atoms with Crippen molar-refractivity contribution in [2.45, 2.75) is 20.5 Å². The monoisotopic (exact) mass is 345 g/mol. The lowest BCUT2D eigenvalue weighted by atomic mass is 10.2. The van der Waals surface area contributed by atoms with Gasteiger partial charge in [0.1, 0.15) is 17.9 Å². The molecule has 3 aromatic rings. The first-order chi connectivity index (χ1) is 11.6. The van der Waals surface area contributed by atoms with Crippen molar-refractivity contribution in [1.82, 2.24) is 14.6 Å². The molecule has 0 aliphatic heterocycles. The molecule has 124 valence electrons. The maximum atomic E-state index is 12.3. The van der Waals surface area contributed by atoms with E-state index in [9.17, 15) is 9.59 Å². The van der Waals surface area contributed by atoms with Crippen LogP contribution in [-0.2, 0) is 11.3 Å². The summed E-state index contributed by atoms with van der Waals surface area (Å²) in [6, 6.07) is 7.63. The zero-order valence-electron chi connectivity index (χ0n) is 13.2. The Labute approximate surface area is 141 Å². The van der Waals surface area contributed by atoms with Gasteiger partial charge < -0.3 is 9.47 Å². The van der Waals surface area contributed by atoms with Crippen LogP contribution in [0, 0.1) is 6.92 Å². The molecule has 0 bridgehead atoms. The number of benzene rings is 1. The molecular weight excluding hydrogens is 330 g/mol. The molecule has 8 heteroatoms. The molecule has 0 aliphatic carbocycles. The topological polar surface area (TPSA) is 82.8 Å². The number of nitrogens with zero attached hydrogens (tertiary/aromatic N) is 3. The molecule has 0 radical (unpaired) electrons. The second-order valence-electron chi connectivity index (χ2n) is 4.99. The summed E-state index contributed by atoms with van der Waals surface area (Å²) in [5.74, 6) is 0.0160.